The molecule has 0 atom stereocenters. The van der Waals surface area contributed by atoms with Gasteiger partial charge in [0.05, 0.1) is 0 Å². The Hall–Kier alpha value is -1.04. The van der Waals surface area contributed by atoms with Crippen LogP contribution in [0.15, 0.2) is 49.1 Å². The number of hydrogen-bond donors (Lipinski definition) is 0. The maximum atomic E-state index is 3.73. The molecule has 0 aliphatic carbocycles. The lowest BCUT2D eigenvalue weighted by molar-refractivity contribution is 0.927. The highest BCUT2D eigenvalue weighted by molar-refractivity contribution is 5.23. The van der Waals surface area contributed by atoms with Gasteiger partial charge in [0.1, 0.15) is 0 Å². The van der Waals surface area contributed by atoms with E-state index in [-0.39, 0.29) is 0 Å². The third-order valence-electron chi connectivity index (χ3n) is 1.36. The molecule has 0 heteroatoms. The Bertz CT molecular complexity index is 170. The van der Waals surface area contributed by atoms with Crippen molar-refractivity contribution in [1.29, 1.82) is 0 Å². The molecule has 0 N–H and O–H groups in total. The molecule has 0 heterocycles. The Kier molecular flexibility index (Phi) is 6.40. The molecular weight excluding hydrogens is 132 g/mol. The third kappa shape index (κ3) is 5.41. The van der Waals surface area contributed by atoms with Crippen LogP contribution >= 0.6 is 0 Å². The van der Waals surface area contributed by atoms with E-state index in [1.54, 1.807) is 6.08 Å². The average Bonchev–Trinajstić information content (AvgIpc) is 2.03. The Morgan fingerprint density at radius 3 is 2.45 bits per heavy atom. The molecule has 60 valence electrons. The van der Waals surface area contributed by atoms with Crippen LogP contribution in [0.4, 0.5) is 0 Å². The predicted octanol–water partition coefficient (Wildman–Crippen LogP) is 3.64. The molecule has 0 unspecified atom stereocenters. The van der Waals surface area contributed by atoms with Crippen LogP contribution in [0.2, 0.25) is 0 Å². The van der Waals surface area contributed by atoms with E-state index < -0.39 is 0 Å². The van der Waals surface area contributed by atoms with E-state index in [9.17, 15) is 0 Å². The second-order valence-corrected chi connectivity index (χ2v) is 2.32. The number of allylic oxidation sites excluding steroid dienone is 6. The highest BCUT2D eigenvalue weighted by Crippen LogP contribution is 2.05. The lowest BCUT2D eigenvalue weighted by atomic mass is 10.1. The molecule has 0 aromatic rings. The van der Waals surface area contributed by atoms with Gasteiger partial charge in [-0.1, -0.05) is 56.9 Å². The standard InChI is InChI=1S/C11H16/c1-4-7-8-10-11(6-3)9-5-2/h4,6-8,10H,1,3,5,9H2,2H3. The lowest BCUT2D eigenvalue weighted by Crippen LogP contribution is -1.74. The Morgan fingerprint density at radius 2 is 2.00 bits per heavy atom. The highest BCUT2D eigenvalue weighted by Gasteiger charge is 1.85. The van der Waals surface area contributed by atoms with Crippen molar-refractivity contribution >= 4 is 0 Å². The smallest absolute Gasteiger partial charge is 0.0282 e. The van der Waals surface area contributed by atoms with E-state index in [4.69, 9.17) is 0 Å². The second kappa shape index (κ2) is 7.07. The fraction of sp³-hybridized carbons (Fsp3) is 0.273. The lowest BCUT2D eigenvalue weighted by Gasteiger charge is -1.94. The maximum Gasteiger partial charge on any atom is -0.0282 e. The summed E-state index contributed by atoms with van der Waals surface area (Å²) in [5.74, 6) is 0. The van der Waals surface area contributed by atoms with Crippen molar-refractivity contribution in [3.05, 3.63) is 49.1 Å². The Labute approximate surface area is 69.6 Å². The molecule has 0 saturated carbocycles. The second-order valence-electron chi connectivity index (χ2n) is 2.32. The zero-order valence-corrected chi connectivity index (χ0v) is 7.22. The van der Waals surface area contributed by atoms with Gasteiger partial charge in [0.2, 0.25) is 0 Å². The molecule has 0 nitrogen and oxygen atoms in total. The van der Waals surface area contributed by atoms with Gasteiger partial charge in [0.15, 0.2) is 0 Å². The fourth-order valence-corrected chi connectivity index (χ4v) is 0.800. The van der Waals surface area contributed by atoms with Crippen LogP contribution in [-0.4, -0.2) is 0 Å². The Balaban J connectivity index is 3.99. The molecule has 0 rings (SSSR count). The van der Waals surface area contributed by atoms with Gasteiger partial charge in [-0.05, 0) is 12.0 Å². The van der Waals surface area contributed by atoms with E-state index in [1.807, 2.05) is 18.2 Å². The highest BCUT2D eigenvalue weighted by atomic mass is 13.9. The van der Waals surface area contributed by atoms with Crippen molar-refractivity contribution in [2.45, 2.75) is 19.8 Å². The van der Waals surface area contributed by atoms with Gasteiger partial charge < -0.3 is 0 Å². The summed E-state index contributed by atoms with van der Waals surface area (Å²) in [5, 5.41) is 0. The monoisotopic (exact) mass is 148 g/mol. The van der Waals surface area contributed by atoms with Crippen LogP contribution in [0.1, 0.15) is 19.8 Å². The van der Waals surface area contributed by atoms with Crippen molar-refractivity contribution in [1.82, 2.24) is 0 Å². The van der Waals surface area contributed by atoms with Crippen LogP contribution in [-0.2, 0) is 0 Å². The van der Waals surface area contributed by atoms with Gasteiger partial charge in [-0.25, -0.2) is 0 Å². The topological polar surface area (TPSA) is 0 Å². The van der Waals surface area contributed by atoms with Crippen LogP contribution in [0, 0.1) is 0 Å². The van der Waals surface area contributed by atoms with Crippen molar-refractivity contribution in [3.8, 4) is 0 Å². The SMILES string of the molecule is C=CC=CC=C(C=C)CCC. The molecular formula is C11H16. The van der Waals surface area contributed by atoms with Crippen LogP contribution < -0.4 is 0 Å². The minimum Gasteiger partial charge on any atom is -0.0991 e. The first-order chi connectivity index (χ1) is 5.35. The van der Waals surface area contributed by atoms with Gasteiger partial charge >= 0.3 is 0 Å². The van der Waals surface area contributed by atoms with E-state index in [0.29, 0.717) is 0 Å². The molecule has 0 aromatic heterocycles. The van der Waals surface area contributed by atoms with Gasteiger partial charge in [0.25, 0.3) is 0 Å². The summed E-state index contributed by atoms with van der Waals surface area (Å²) in [5.41, 5.74) is 1.28. The first-order valence-corrected chi connectivity index (χ1v) is 3.95. The van der Waals surface area contributed by atoms with Gasteiger partial charge in [-0.3, -0.25) is 0 Å². The molecule has 0 aliphatic heterocycles. The first-order valence-electron chi connectivity index (χ1n) is 3.95. The van der Waals surface area contributed by atoms with E-state index in [1.165, 1.54) is 12.0 Å². The van der Waals surface area contributed by atoms with Crippen LogP contribution in [0.5, 0.6) is 0 Å². The molecule has 0 spiro atoms. The zero-order chi connectivity index (χ0) is 8.53. The van der Waals surface area contributed by atoms with Gasteiger partial charge in [-0.2, -0.15) is 0 Å². The molecule has 0 amide bonds. The maximum absolute atomic E-state index is 3.73. The van der Waals surface area contributed by atoms with Crippen LogP contribution in [0.3, 0.4) is 0 Å². The van der Waals surface area contributed by atoms with Gasteiger partial charge in [-0.15, -0.1) is 0 Å². The minimum absolute atomic E-state index is 1.10. The van der Waals surface area contributed by atoms with Crippen molar-refractivity contribution in [2.24, 2.45) is 0 Å². The van der Waals surface area contributed by atoms with Crippen molar-refractivity contribution in [2.75, 3.05) is 0 Å². The molecule has 0 aromatic carbocycles. The average molecular weight is 148 g/mol. The zero-order valence-electron chi connectivity index (χ0n) is 7.22. The van der Waals surface area contributed by atoms with E-state index >= 15 is 0 Å². The molecule has 0 bridgehead atoms. The summed E-state index contributed by atoms with van der Waals surface area (Å²) in [7, 11) is 0. The summed E-state index contributed by atoms with van der Waals surface area (Å²) in [6, 6.07) is 0. The first kappa shape index (κ1) is 9.96. The summed E-state index contributed by atoms with van der Waals surface area (Å²) in [4.78, 5) is 0. The minimum atomic E-state index is 1.10. The number of hydrogen-bond acceptors (Lipinski definition) is 0. The molecule has 0 saturated heterocycles. The summed E-state index contributed by atoms with van der Waals surface area (Å²) < 4.78 is 0. The van der Waals surface area contributed by atoms with Crippen LogP contribution in [0.25, 0.3) is 0 Å². The quantitative estimate of drug-likeness (QED) is 0.522. The van der Waals surface area contributed by atoms with E-state index in [2.05, 4.69) is 26.2 Å². The largest absolute Gasteiger partial charge is 0.0991 e. The molecule has 0 radical (unpaired) electrons. The Morgan fingerprint density at radius 1 is 1.27 bits per heavy atom. The summed E-state index contributed by atoms with van der Waals surface area (Å²) in [6.45, 7) is 9.48. The predicted molar refractivity (Wildman–Crippen MR) is 52.5 cm³/mol. The molecule has 0 fully saturated rings. The number of rotatable bonds is 5. The van der Waals surface area contributed by atoms with Crippen molar-refractivity contribution in [3.63, 3.8) is 0 Å². The fourth-order valence-electron chi connectivity index (χ4n) is 0.800. The normalized spacial score (nSPS) is 11.9. The summed E-state index contributed by atoms with van der Waals surface area (Å²) >= 11 is 0. The van der Waals surface area contributed by atoms with Gasteiger partial charge in [0, 0.05) is 0 Å². The summed E-state index contributed by atoms with van der Waals surface area (Å²) in [6.07, 6.45) is 11.9. The molecule has 0 aliphatic rings. The third-order valence-corrected chi connectivity index (χ3v) is 1.36. The van der Waals surface area contributed by atoms with Crippen molar-refractivity contribution < 1.29 is 0 Å². The molecule has 11 heavy (non-hydrogen) atoms. The van der Waals surface area contributed by atoms with E-state index in [0.717, 1.165) is 6.42 Å².